The van der Waals surface area contributed by atoms with Crippen LogP contribution in [0, 0.1) is 6.92 Å². The van der Waals surface area contributed by atoms with Crippen LogP contribution in [0.2, 0.25) is 0 Å². The number of H-pyrrole nitrogens is 1. The van der Waals surface area contributed by atoms with Crippen LogP contribution in [0.4, 0.5) is 11.5 Å². The van der Waals surface area contributed by atoms with Crippen molar-refractivity contribution in [3.8, 4) is 0 Å². The number of aromatic nitrogens is 4. The van der Waals surface area contributed by atoms with Crippen LogP contribution in [0.15, 0.2) is 30.9 Å². The molecule has 0 saturated carbocycles. The van der Waals surface area contributed by atoms with Crippen LogP contribution in [0.1, 0.15) is 18.1 Å². The lowest BCUT2D eigenvalue weighted by Crippen LogP contribution is -1.97. The van der Waals surface area contributed by atoms with Crippen LogP contribution in [-0.4, -0.2) is 19.9 Å². The molecule has 0 aliphatic rings. The standard InChI is InChI=1S/C14H15N5/c1-3-10-6-11(5-4-9(10)2)19-14-12-13(16-7-15-12)17-8-18-14/h4-8H,3H2,1-2H3,(H2,15,16,17,18,19). The van der Waals surface area contributed by atoms with Crippen molar-refractivity contribution in [2.24, 2.45) is 0 Å². The number of anilines is 2. The number of hydrogen-bond acceptors (Lipinski definition) is 4. The molecule has 0 saturated heterocycles. The second-order valence-corrected chi connectivity index (χ2v) is 4.44. The Hall–Kier alpha value is -2.43. The average molecular weight is 253 g/mol. The molecule has 2 N–H and O–H groups in total. The molecule has 1 aromatic carbocycles. The minimum Gasteiger partial charge on any atom is -0.340 e. The van der Waals surface area contributed by atoms with Gasteiger partial charge >= 0.3 is 0 Å². The van der Waals surface area contributed by atoms with Crippen molar-refractivity contribution in [1.29, 1.82) is 0 Å². The number of benzene rings is 1. The Labute approximate surface area is 111 Å². The van der Waals surface area contributed by atoms with Gasteiger partial charge in [-0.25, -0.2) is 15.0 Å². The number of nitrogens with one attached hydrogen (secondary N) is 2. The summed E-state index contributed by atoms with van der Waals surface area (Å²) in [5.41, 5.74) is 5.15. The van der Waals surface area contributed by atoms with E-state index < -0.39 is 0 Å². The zero-order valence-corrected chi connectivity index (χ0v) is 10.9. The van der Waals surface area contributed by atoms with E-state index in [-0.39, 0.29) is 0 Å². The van der Waals surface area contributed by atoms with Crippen molar-refractivity contribution in [3.05, 3.63) is 42.0 Å². The lowest BCUT2D eigenvalue weighted by Gasteiger charge is -2.09. The summed E-state index contributed by atoms with van der Waals surface area (Å²) in [6.45, 7) is 4.28. The molecule has 0 fully saturated rings. The first-order chi connectivity index (χ1) is 9.28. The molecule has 0 radical (unpaired) electrons. The Bertz CT molecular complexity index is 717. The number of nitrogens with zero attached hydrogens (tertiary/aromatic N) is 3. The first-order valence-corrected chi connectivity index (χ1v) is 6.28. The van der Waals surface area contributed by atoms with Crippen molar-refractivity contribution in [2.75, 3.05) is 5.32 Å². The number of aryl methyl sites for hydroxylation is 2. The van der Waals surface area contributed by atoms with Gasteiger partial charge < -0.3 is 10.3 Å². The summed E-state index contributed by atoms with van der Waals surface area (Å²) in [5, 5.41) is 3.31. The molecule has 0 aliphatic heterocycles. The maximum Gasteiger partial charge on any atom is 0.182 e. The van der Waals surface area contributed by atoms with Crippen LogP contribution in [0.3, 0.4) is 0 Å². The highest BCUT2D eigenvalue weighted by atomic mass is 15.1. The highest BCUT2D eigenvalue weighted by Gasteiger charge is 2.06. The van der Waals surface area contributed by atoms with E-state index in [0.717, 1.165) is 23.4 Å². The third kappa shape index (κ3) is 2.14. The number of rotatable bonds is 3. The Balaban J connectivity index is 1.99. The van der Waals surface area contributed by atoms with E-state index in [1.165, 1.54) is 17.5 Å². The monoisotopic (exact) mass is 253 g/mol. The fraction of sp³-hybridized carbons (Fsp3) is 0.214. The van der Waals surface area contributed by atoms with E-state index in [2.05, 4.69) is 57.3 Å². The molecule has 0 atom stereocenters. The Morgan fingerprint density at radius 3 is 2.95 bits per heavy atom. The SMILES string of the molecule is CCc1cc(Nc2ncnc3nc[nH]c23)ccc1C. The van der Waals surface area contributed by atoms with E-state index in [1.807, 2.05) is 0 Å². The van der Waals surface area contributed by atoms with E-state index in [4.69, 9.17) is 0 Å². The molecule has 0 spiro atoms. The van der Waals surface area contributed by atoms with Gasteiger partial charge in [0, 0.05) is 5.69 Å². The number of fused-ring (bicyclic) bond motifs is 1. The van der Waals surface area contributed by atoms with Gasteiger partial charge in [0.05, 0.1) is 6.33 Å². The van der Waals surface area contributed by atoms with Gasteiger partial charge in [0.15, 0.2) is 11.5 Å². The number of hydrogen-bond donors (Lipinski definition) is 2. The fourth-order valence-corrected chi connectivity index (χ4v) is 2.13. The van der Waals surface area contributed by atoms with Crippen molar-refractivity contribution in [3.63, 3.8) is 0 Å². The summed E-state index contributed by atoms with van der Waals surface area (Å²) in [4.78, 5) is 15.5. The van der Waals surface area contributed by atoms with Gasteiger partial charge in [-0.05, 0) is 36.6 Å². The van der Waals surface area contributed by atoms with Gasteiger partial charge in [0.2, 0.25) is 0 Å². The minimum atomic E-state index is 0.667. The second kappa shape index (κ2) is 4.68. The van der Waals surface area contributed by atoms with Gasteiger partial charge in [-0.2, -0.15) is 0 Å². The highest BCUT2D eigenvalue weighted by Crippen LogP contribution is 2.22. The quantitative estimate of drug-likeness (QED) is 0.753. The summed E-state index contributed by atoms with van der Waals surface area (Å²) in [6, 6.07) is 6.32. The molecule has 19 heavy (non-hydrogen) atoms. The molecule has 96 valence electrons. The molecule has 0 amide bonds. The third-order valence-electron chi connectivity index (χ3n) is 3.22. The van der Waals surface area contributed by atoms with Gasteiger partial charge in [-0.1, -0.05) is 13.0 Å². The molecule has 2 heterocycles. The predicted molar refractivity (Wildman–Crippen MR) is 75.5 cm³/mol. The average Bonchev–Trinajstić information content (AvgIpc) is 2.90. The Kier molecular flexibility index (Phi) is 2.87. The molecular weight excluding hydrogens is 238 g/mol. The van der Waals surface area contributed by atoms with Crippen LogP contribution < -0.4 is 5.32 Å². The fourth-order valence-electron chi connectivity index (χ4n) is 2.13. The number of aromatic amines is 1. The summed E-state index contributed by atoms with van der Waals surface area (Å²) >= 11 is 0. The van der Waals surface area contributed by atoms with Crippen molar-refractivity contribution in [1.82, 2.24) is 19.9 Å². The summed E-state index contributed by atoms with van der Waals surface area (Å²) in [7, 11) is 0. The maximum absolute atomic E-state index is 4.26. The summed E-state index contributed by atoms with van der Waals surface area (Å²) in [6.07, 6.45) is 4.15. The van der Waals surface area contributed by atoms with Crippen molar-refractivity contribution >= 4 is 22.7 Å². The van der Waals surface area contributed by atoms with E-state index in [9.17, 15) is 0 Å². The van der Waals surface area contributed by atoms with E-state index >= 15 is 0 Å². The number of imidazole rings is 1. The molecule has 3 rings (SSSR count). The van der Waals surface area contributed by atoms with Gasteiger partial charge in [-0.15, -0.1) is 0 Å². The second-order valence-electron chi connectivity index (χ2n) is 4.44. The lowest BCUT2D eigenvalue weighted by molar-refractivity contribution is 1.11. The Morgan fingerprint density at radius 1 is 1.21 bits per heavy atom. The van der Waals surface area contributed by atoms with Crippen molar-refractivity contribution in [2.45, 2.75) is 20.3 Å². The summed E-state index contributed by atoms with van der Waals surface area (Å²) < 4.78 is 0. The molecule has 5 heteroatoms. The highest BCUT2D eigenvalue weighted by molar-refractivity contribution is 5.84. The first kappa shape index (κ1) is 11.6. The molecule has 0 aliphatic carbocycles. The van der Waals surface area contributed by atoms with E-state index in [1.54, 1.807) is 6.33 Å². The zero-order valence-electron chi connectivity index (χ0n) is 10.9. The lowest BCUT2D eigenvalue weighted by atomic mass is 10.1. The van der Waals surface area contributed by atoms with Gasteiger partial charge in [0.1, 0.15) is 11.8 Å². The Morgan fingerprint density at radius 2 is 2.11 bits per heavy atom. The molecule has 0 unspecified atom stereocenters. The minimum absolute atomic E-state index is 0.667. The molecular formula is C14H15N5. The maximum atomic E-state index is 4.26. The van der Waals surface area contributed by atoms with E-state index in [0.29, 0.717) is 5.65 Å². The molecule has 5 nitrogen and oxygen atoms in total. The normalized spacial score (nSPS) is 10.8. The van der Waals surface area contributed by atoms with Gasteiger partial charge in [-0.3, -0.25) is 0 Å². The van der Waals surface area contributed by atoms with Crippen LogP contribution in [-0.2, 0) is 6.42 Å². The van der Waals surface area contributed by atoms with Crippen LogP contribution >= 0.6 is 0 Å². The van der Waals surface area contributed by atoms with Gasteiger partial charge in [0.25, 0.3) is 0 Å². The molecule has 3 aromatic rings. The third-order valence-corrected chi connectivity index (χ3v) is 3.22. The van der Waals surface area contributed by atoms with Crippen molar-refractivity contribution < 1.29 is 0 Å². The van der Waals surface area contributed by atoms with Crippen LogP contribution in [0.5, 0.6) is 0 Å². The molecule has 0 bridgehead atoms. The van der Waals surface area contributed by atoms with Crippen LogP contribution in [0.25, 0.3) is 11.2 Å². The zero-order chi connectivity index (χ0) is 13.2. The largest absolute Gasteiger partial charge is 0.340 e. The predicted octanol–water partition coefficient (Wildman–Crippen LogP) is 2.97. The molecule has 2 aromatic heterocycles. The smallest absolute Gasteiger partial charge is 0.182 e. The topological polar surface area (TPSA) is 66.5 Å². The summed E-state index contributed by atoms with van der Waals surface area (Å²) in [5.74, 6) is 0.744. The first-order valence-electron chi connectivity index (χ1n) is 6.28.